The molecule has 0 aliphatic carbocycles. The zero-order chi connectivity index (χ0) is 17.8. The van der Waals surface area contributed by atoms with Crippen LogP contribution in [0.3, 0.4) is 0 Å². The van der Waals surface area contributed by atoms with Crippen molar-refractivity contribution in [3.63, 3.8) is 0 Å². The molecule has 1 N–H and O–H groups in total. The van der Waals surface area contributed by atoms with Gasteiger partial charge in [0, 0.05) is 24.4 Å². The van der Waals surface area contributed by atoms with E-state index in [9.17, 15) is 0 Å². The number of hydrogen-bond acceptors (Lipinski definition) is 8. The number of hydrogen-bond donors (Lipinski definition) is 1. The van der Waals surface area contributed by atoms with Crippen LogP contribution in [0.5, 0.6) is 17.4 Å². The highest BCUT2D eigenvalue weighted by Gasteiger charge is 2.08. The Morgan fingerprint density at radius 3 is 2.92 bits per heavy atom. The highest BCUT2D eigenvalue weighted by Crippen LogP contribution is 2.26. The Labute approximate surface area is 148 Å². The van der Waals surface area contributed by atoms with Crippen LogP contribution in [0.4, 0.5) is 5.82 Å². The van der Waals surface area contributed by atoms with E-state index >= 15 is 0 Å². The molecule has 0 saturated heterocycles. The molecule has 0 unspecified atom stereocenters. The lowest BCUT2D eigenvalue weighted by atomic mass is 10.2. The molecule has 130 valence electrons. The molecule has 3 aromatic heterocycles. The number of benzene rings is 1. The van der Waals surface area contributed by atoms with Crippen LogP contribution in [-0.4, -0.2) is 37.3 Å². The van der Waals surface area contributed by atoms with Crippen molar-refractivity contribution in [3.8, 4) is 17.4 Å². The summed E-state index contributed by atoms with van der Waals surface area (Å²) in [5.41, 5.74) is 1.47. The Bertz CT molecular complexity index is 1030. The normalized spacial score (nSPS) is 10.7. The molecule has 0 aliphatic rings. The number of rotatable bonds is 6. The fraction of sp³-hybridized carbons (Fsp3) is 0.118. The van der Waals surface area contributed by atoms with E-state index < -0.39 is 0 Å². The quantitative estimate of drug-likeness (QED) is 0.566. The average molecular weight is 349 g/mol. The van der Waals surface area contributed by atoms with Gasteiger partial charge in [0.25, 0.3) is 0 Å². The number of aromatic nitrogens is 6. The second-order valence-corrected chi connectivity index (χ2v) is 5.35. The maximum atomic E-state index is 5.91. The van der Waals surface area contributed by atoms with E-state index in [0.717, 1.165) is 11.3 Å². The monoisotopic (exact) mass is 349 g/mol. The fourth-order valence-electron chi connectivity index (χ4n) is 2.36. The third-order valence-corrected chi connectivity index (χ3v) is 3.64. The van der Waals surface area contributed by atoms with Gasteiger partial charge in [0.1, 0.15) is 17.3 Å². The van der Waals surface area contributed by atoms with Crippen molar-refractivity contribution in [3.05, 3.63) is 60.3 Å². The molecule has 0 bridgehead atoms. The summed E-state index contributed by atoms with van der Waals surface area (Å²) in [6.07, 6.45) is 1.68. The first-order chi connectivity index (χ1) is 12.8. The number of tetrazole rings is 1. The van der Waals surface area contributed by atoms with E-state index in [1.165, 1.54) is 4.63 Å². The van der Waals surface area contributed by atoms with E-state index in [4.69, 9.17) is 9.47 Å². The predicted octanol–water partition coefficient (Wildman–Crippen LogP) is 2.33. The molecule has 0 amide bonds. The SMILES string of the molecule is COc1cccc(Oc2ncccc2CNc2ccc3nnnn3n2)c1. The Morgan fingerprint density at radius 1 is 1.08 bits per heavy atom. The molecule has 4 rings (SSSR count). The summed E-state index contributed by atoms with van der Waals surface area (Å²) in [5, 5.41) is 18.7. The van der Waals surface area contributed by atoms with Gasteiger partial charge >= 0.3 is 0 Å². The third-order valence-electron chi connectivity index (χ3n) is 3.64. The molecule has 26 heavy (non-hydrogen) atoms. The lowest BCUT2D eigenvalue weighted by molar-refractivity contribution is 0.406. The summed E-state index contributed by atoms with van der Waals surface area (Å²) < 4.78 is 12.5. The first-order valence-corrected chi connectivity index (χ1v) is 7.87. The van der Waals surface area contributed by atoms with Gasteiger partial charge in [-0.15, -0.1) is 14.8 Å². The summed E-state index contributed by atoms with van der Waals surface area (Å²) in [6, 6.07) is 14.8. The largest absolute Gasteiger partial charge is 0.497 e. The summed E-state index contributed by atoms with van der Waals surface area (Å²) in [7, 11) is 1.61. The summed E-state index contributed by atoms with van der Waals surface area (Å²) >= 11 is 0. The van der Waals surface area contributed by atoms with Gasteiger partial charge < -0.3 is 14.8 Å². The maximum Gasteiger partial charge on any atom is 0.224 e. The number of pyridine rings is 1. The van der Waals surface area contributed by atoms with Crippen molar-refractivity contribution in [1.82, 2.24) is 30.2 Å². The van der Waals surface area contributed by atoms with E-state index in [-0.39, 0.29) is 0 Å². The summed E-state index contributed by atoms with van der Waals surface area (Å²) in [5.74, 6) is 2.52. The molecule has 0 spiro atoms. The van der Waals surface area contributed by atoms with Crippen LogP contribution >= 0.6 is 0 Å². The minimum Gasteiger partial charge on any atom is -0.497 e. The van der Waals surface area contributed by atoms with Crippen LogP contribution < -0.4 is 14.8 Å². The van der Waals surface area contributed by atoms with Crippen LogP contribution in [0.2, 0.25) is 0 Å². The van der Waals surface area contributed by atoms with Crippen molar-refractivity contribution in [2.75, 3.05) is 12.4 Å². The number of nitrogens with zero attached hydrogens (tertiary/aromatic N) is 6. The highest BCUT2D eigenvalue weighted by molar-refractivity contribution is 5.43. The molecular weight excluding hydrogens is 334 g/mol. The third kappa shape index (κ3) is 3.36. The minimum atomic E-state index is 0.480. The van der Waals surface area contributed by atoms with Crippen LogP contribution in [0.1, 0.15) is 5.56 Å². The Kier molecular flexibility index (Phi) is 4.25. The van der Waals surface area contributed by atoms with Crippen molar-refractivity contribution in [2.45, 2.75) is 6.54 Å². The first-order valence-electron chi connectivity index (χ1n) is 7.87. The van der Waals surface area contributed by atoms with Crippen LogP contribution in [0.15, 0.2) is 54.7 Å². The zero-order valence-electron chi connectivity index (χ0n) is 13.9. The molecular formula is C17H15N7O2. The summed E-state index contributed by atoms with van der Waals surface area (Å²) in [4.78, 5) is 4.32. The first kappa shape index (κ1) is 15.8. The molecule has 0 fully saturated rings. The summed E-state index contributed by atoms with van der Waals surface area (Å²) in [6.45, 7) is 0.480. The maximum absolute atomic E-state index is 5.91. The van der Waals surface area contributed by atoms with E-state index in [1.54, 1.807) is 25.4 Å². The molecule has 9 nitrogen and oxygen atoms in total. The van der Waals surface area contributed by atoms with Crippen molar-refractivity contribution in [1.29, 1.82) is 0 Å². The van der Waals surface area contributed by atoms with E-state index in [0.29, 0.717) is 29.6 Å². The van der Waals surface area contributed by atoms with Gasteiger partial charge in [-0.05, 0) is 40.8 Å². The molecule has 0 aliphatic heterocycles. The van der Waals surface area contributed by atoms with Gasteiger partial charge in [0.2, 0.25) is 5.88 Å². The van der Waals surface area contributed by atoms with Gasteiger partial charge in [-0.3, -0.25) is 0 Å². The molecule has 9 heteroatoms. The fourth-order valence-corrected chi connectivity index (χ4v) is 2.36. The topological polar surface area (TPSA) is 99.3 Å². The highest BCUT2D eigenvalue weighted by atomic mass is 16.5. The van der Waals surface area contributed by atoms with Crippen molar-refractivity contribution < 1.29 is 9.47 Å². The van der Waals surface area contributed by atoms with E-state index in [2.05, 4.69) is 30.9 Å². The molecule has 4 aromatic rings. The van der Waals surface area contributed by atoms with Crippen molar-refractivity contribution >= 4 is 11.5 Å². The number of anilines is 1. The standard InChI is InChI=1S/C17H15N7O2/c1-25-13-5-2-6-14(10-13)26-17-12(4-3-9-18-17)11-19-15-7-8-16-20-22-23-24(16)21-15/h2-10H,11H2,1H3,(H,19,21). The number of nitrogens with one attached hydrogen (secondary N) is 1. The van der Waals surface area contributed by atoms with Crippen LogP contribution in [-0.2, 0) is 6.54 Å². The lowest BCUT2D eigenvalue weighted by Crippen LogP contribution is -2.06. The van der Waals surface area contributed by atoms with Gasteiger partial charge in [-0.1, -0.05) is 12.1 Å². The van der Waals surface area contributed by atoms with Gasteiger partial charge in [0.05, 0.1) is 7.11 Å². The Hall–Kier alpha value is -3.75. The second kappa shape index (κ2) is 7.01. The van der Waals surface area contributed by atoms with Crippen molar-refractivity contribution in [2.24, 2.45) is 0 Å². The Balaban J connectivity index is 1.51. The minimum absolute atomic E-state index is 0.480. The molecule has 1 aromatic carbocycles. The lowest BCUT2D eigenvalue weighted by Gasteiger charge is -2.11. The molecule has 0 atom stereocenters. The van der Waals surface area contributed by atoms with Crippen LogP contribution in [0.25, 0.3) is 5.65 Å². The Morgan fingerprint density at radius 2 is 2.00 bits per heavy atom. The molecule has 3 heterocycles. The number of methoxy groups -OCH3 is 1. The molecule has 0 radical (unpaired) electrons. The second-order valence-electron chi connectivity index (χ2n) is 5.35. The van der Waals surface area contributed by atoms with Crippen LogP contribution in [0, 0.1) is 0 Å². The number of fused-ring (bicyclic) bond motifs is 1. The van der Waals surface area contributed by atoms with Gasteiger partial charge in [0.15, 0.2) is 5.65 Å². The number of ether oxygens (including phenoxy) is 2. The zero-order valence-corrected chi connectivity index (χ0v) is 13.9. The van der Waals surface area contributed by atoms with Gasteiger partial charge in [-0.2, -0.15) is 0 Å². The molecule has 0 saturated carbocycles. The van der Waals surface area contributed by atoms with E-state index in [1.807, 2.05) is 36.4 Å². The van der Waals surface area contributed by atoms with Gasteiger partial charge in [-0.25, -0.2) is 4.98 Å². The average Bonchev–Trinajstić information content (AvgIpc) is 3.15. The smallest absolute Gasteiger partial charge is 0.224 e. The predicted molar refractivity (Wildman–Crippen MR) is 93.2 cm³/mol.